The van der Waals surface area contributed by atoms with Crippen molar-refractivity contribution in [2.75, 3.05) is 13.1 Å². The van der Waals surface area contributed by atoms with Crippen molar-refractivity contribution in [2.45, 2.75) is 47.1 Å². The molecule has 106 valence electrons. The third kappa shape index (κ3) is 4.64. The van der Waals surface area contributed by atoms with Crippen molar-refractivity contribution >= 4 is 11.8 Å². The first kappa shape index (κ1) is 16.9. The van der Waals surface area contributed by atoms with Gasteiger partial charge < -0.3 is 16.4 Å². The zero-order valence-electron chi connectivity index (χ0n) is 12.4. The van der Waals surface area contributed by atoms with Crippen molar-refractivity contribution in [3.63, 3.8) is 0 Å². The van der Waals surface area contributed by atoms with Crippen LogP contribution in [0.1, 0.15) is 41.5 Å². The number of nitrogens with one attached hydrogen (secondary N) is 2. The van der Waals surface area contributed by atoms with Crippen molar-refractivity contribution in [1.82, 2.24) is 10.6 Å². The Morgan fingerprint density at radius 1 is 1.06 bits per heavy atom. The van der Waals surface area contributed by atoms with E-state index in [2.05, 4.69) is 10.6 Å². The van der Waals surface area contributed by atoms with Crippen molar-refractivity contribution < 1.29 is 9.59 Å². The number of carbonyl (C=O) groups excluding carboxylic acids is 2. The van der Waals surface area contributed by atoms with E-state index in [9.17, 15) is 9.59 Å². The maximum absolute atomic E-state index is 12.0. The Hall–Kier alpha value is -1.10. The number of rotatable bonds is 6. The van der Waals surface area contributed by atoms with Crippen molar-refractivity contribution in [2.24, 2.45) is 17.1 Å². The first-order chi connectivity index (χ1) is 8.00. The second kappa shape index (κ2) is 6.18. The average Bonchev–Trinajstić information content (AvgIpc) is 2.21. The highest BCUT2D eigenvalue weighted by molar-refractivity contribution is 5.83. The van der Waals surface area contributed by atoms with Gasteiger partial charge in [0.2, 0.25) is 11.8 Å². The highest BCUT2D eigenvalue weighted by Crippen LogP contribution is 2.28. The number of amides is 2. The van der Waals surface area contributed by atoms with Gasteiger partial charge in [0, 0.05) is 24.5 Å². The summed E-state index contributed by atoms with van der Waals surface area (Å²) in [4.78, 5) is 23.3. The van der Waals surface area contributed by atoms with E-state index in [1.54, 1.807) is 0 Å². The van der Waals surface area contributed by atoms with Gasteiger partial charge in [-0.15, -0.1) is 0 Å². The third-order valence-corrected chi connectivity index (χ3v) is 3.41. The Bertz CT molecular complexity index is 304. The SMILES string of the molecule is CC(C)C(=O)NCCNC(=O)C(C)(C)C(C)(C)N. The van der Waals surface area contributed by atoms with Gasteiger partial charge in [-0.25, -0.2) is 0 Å². The van der Waals surface area contributed by atoms with Crippen LogP contribution >= 0.6 is 0 Å². The molecule has 0 radical (unpaired) electrons. The maximum atomic E-state index is 12.0. The minimum Gasteiger partial charge on any atom is -0.354 e. The molecule has 0 aromatic heterocycles. The number of hydrogen-bond donors (Lipinski definition) is 3. The molecule has 0 saturated heterocycles. The predicted octanol–water partition coefficient (Wildman–Crippen LogP) is 0.638. The van der Waals surface area contributed by atoms with Gasteiger partial charge in [-0.1, -0.05) is 13.8 Å². The Balaban J connectivity index is 4.10. The summed E-state index contributed by atoms with van der Waals surface area (Å²) < 4.78 is 0. The van der Waals surface area contributed by atoms with E-state index >= 15 is 0 Å². The molecule has 0 aromatic rings. The van der Waals surface area contributed by atoms with Crippen LogP contribution in [0.2, 0.25) is 0 Å². The van der Waals surface area contributed by atoms with E-state index in [4.69, 9.17) is 5.73 Å². The van der Waals surface area contributed by atoms with Crippen molar-refractivity contribution in [1.29, 1.82) is 0 Å². The van der Waals surface area contributed by atoms with Gasteiger partial charge >= 0.3 is 0 Å². The fourth-order valence-electron chi connectivity index (χ4n) is 1.08. The molecule has 0 spiro atoms. The zero-order chi connectivity index (χ0) is 14.6. The van der Waals surface area contributed by atoms with E-state index in [0.717, 1.165) is 0 Å². The minimum atomic E-state index is -0.658. The van der Waals surface area contributed by atoms with Gasteiger partial charge in [0.25, 0.3) is 0 Å². The fraction of sp³-hybridized carbons (Fsp3) is 0.846. The molecular weight excluding hydrogens is 230 g/mol. The largest absolute Gasteiger partial charge is 0.354 e. The molecule has 0 fully saturated rings. The summed E-state index contributed by atoms with van der Waals surface area (Å²) in [5.41, 5.74) is 4.72. The fourth-order valence-corrected chi connectivity index (χ4v) is 1.08. The quantitative estimate of drug-likeness (QED) is 0.610. The standard InChI is InChI=1S/C13H27N3O2/c1-9(2)10(17)15-7-8-16-11(18)12(3,4)13(5,6)14/h9H,7-8,14H2,1-6H3,(H,15,17)(H,16,18). The first-order valence-electron chi connectivity index (χ1n) is 6.35. The highest BCUT2D eigenvalue weighted by Gasteiger charge is 2.40. The second-order valence-electron chi connectivity index (χ2n) is 6.05. The number of carbonyl (C=O) groups is 2. The van der Waals surface area contributed by atoms with Crippen LogP contribution in [0.3, 0.4) is 0 Å². The monoisotopic (exact) mass is 257 g/mol. The van der Waals surface area contributed by atoms with Gasteiger partial charge in [-0.2, -0.15) is 0 Å². The van der Waals surface area contributed by atoms with Crippen molar-refractivity contribution in [3.8, 4) is 0 Å². The van der Waals surface area contributed by atoms with Gasteiger partial charge in [0.1, 0.15) is 0 Å². The lowest BCUT2D eigenvalue weighted by Gasteiger charge is -2.36. The van der Waals surface area contributed by atoms with E-state index in [-0.39, 0.29) is 17.7 Å². The number of hydrogen-bond acceptors (Lipinski definition) is 3. The van der Waals surface area contributed by atoms with Gasteiger partial charge in [0.05, 0.1) is 5.41 Å². The first-order valence-corrected chi connectivity index (χ1v) is 6.35. The molecule has 18 heavy (non-hydrogen) atoms. The lowest BCUT2D eigenvalue weighted by Crippen LogP contribution is -2.56. The molecular formula is C13H27N3O2. The van der Waals surface area contributed by atoms with Crippen LogP contribution in [0.25, 0.3) is 0 Å². The van der Waals surface area contributed by atoms with Crippen molar-refractivity contribution in [3.05, 3.63) is 0 Å². The molecule has 0 atom stereocenters. The molecule has 2 amide bonds. The molecule has 0 aromatic carbocycles. The molecule has 5 heteroatoms. The van der Waals surface area contributed by atoms with Gasteiger partial charge in [0.15, 0.2) is 0 Å². The summed E-state index contributed by atoms with van der Waals surface area (Å²) in [7, 11) is 0. The van der Waals surface area contributed by atoms with Crippen LogP contribution in [-0.4, -0.2) is 30.4 Å². The Morgan fingerprint density at radius 2 is 1.50 bits per heavy atom. The van der Waals surface area contributed by atoms with Gasteiger partial charge in [-0.05, 0) is 27.7 Å². The second-order valence-corrected chi connectivity index (χ2v) is 6.05. The van der Waals surface area contributed by atoms with Crippen LogP contribution in [0.5, 0.6) is 0 Å². The Morgan fingerprint density at radius 3 is 1.89 bits per heavy atom. The minimum absolute atomic E-state index is 0.0114. The molecule has 0 aliphatic heterocycles. The number of nitrogens with two attached hydrogens (primary N) is 1. The van der Waals surface area contributed by atoms with Crippen LogP contribution < -0.4 is 16.4 Å². The summed E-state index contributed by atoms with van der Waals surface area (Å²) in [5, 5.41) is 5.53. The summed E-state index contributed by atoms with van der Waals surface area (Å²) >= 11 is 0. The Kier molecular flexibility index (Phi) is 5.80. The molecule has 0 bridgehead atoms. The molecule has 0 unspecified atom stereocenters. The molecule has 0 rings (SSSR count). The normalized spacial score (nSPS) is 12.4. The smallest absolute Gasteiger partial charge is 0.227 e. The summed E-state index contributed by atoms with van der Waals surface area (Å²) in [5.74, 6) is -0.156. The molecule has 0 heterocycles. The molecule has 5 nitrogen and oxygen atoms in total. The van der Waals surface area contributed by atoms with Gasteiger partial charge in [-0.3, -0.25) is 9.59 Å². The lowest BCUT2D eigenvalue weighted by atomic mass is 9.74. The van der Waals surface area contributed by atoms with E-state index in [1.807, 2.05) is 41.5 Å². The molecule has 0 aliphatic carbocycles. The molecule has 0 saturated carbocycles. The van der Waals surface area contributed by atoms with Crippen LogP contribution in [0.4, 0.5) is 0 Å². The van der Waals surface area contributed by atoms with E-state index in [0.29, 0.717) is 13.1 Å². The predicted molar refractivity (Wildman–Crippen MR) is 72.9 cm³/mol. The summed E-state index contributed by atoms with van der Waals surface area (Å²) in [6.45, 7) is 11.8. The summed E-state index contributed by atoms with van der Waals surface area (Å²) in [6, 6.07) is 0. The zero-order valence-corrected chi connectivity index (χ0v) is 12.4. The van der Waals surface area contributed by atoms with E-state index in [1.165, 1.54) is 0 Å². The maximum Gasteiger partial charge on any atom is 0.227 e. The van der Waals surface area contributed by atoms with Crippen LogP contribution in [0.15, 0.2) is 0 Å². The highest BCUT2D eigenvalue weighted by atomic mass is 16.2. The third-order valence-electron chi connectivity index (χ3n) is 3.41. The summed E-state index contributed by atoms with van der Waals surface area (Å²) in [6.07, 6.45) is 0. The lowest BCUT2D eigenvalue weighted by molar-refractivity contribution is -0.132. The van der Waals surface area contributed by atoms with E-state index < -0.39 is 11.0 Å². The molecule has 0 aliphatic rings. The Labute approximate surface area is 110 Å². The van der Waals surface area contributed by atoms with Crippen LogP contribution in [-0.2, 0) is 9.59 Å². The average molecular weight is 257 g/mol. The van der Waals surface area contributed by atoms with Crippen LogP contribution in [0, 0.1) is 11.3 Å². The topological polar surface area (TPSA) is 84.2 Å². The molecule has 4 N–H and O–H groups in total.